The molecule has 0 bridgehead atoms. The molecule has 0 saturated heterocycles. The predicted molar refractivity (Wildman–Crippen MR) is 96.0 cm³/mol. The first kappa shape index (κ1) is 18.5. The number of nitrogens with one attached hydrogen (secondary N) is 1. The summed E-state index contributed by atoms with van der Waals surface area (Å²) < 4.78 is 0. The zero-order valence-corrected chi connectivity index (χ0v) is 14.0. The van der Waals surface area contributed by atoms with E-state index >= 15 is 0 Å². The van der Waals surface area contributed by atoms with Gasteiger partial charge in [-0.3, -0.25) is 0 Å². The normalized spacial score (nSPS) is 11.6. The Morgan fingerprint density at radius 1 is 1.00 bits per heavy atom. The average Bonchev–Trinajstić information content (AvgIpc) is 2.52. The lowest BCUT2D eigenvalue weighted by Crippen LogP contribution is -2.26. The number of anilines is 1. The highest BCUT2D eigenvalue weighted by atomic mass is 35.5. The smallest absolute Gasteiger partial charge is 0.0556 e. The maximum atomic E-state index is 9.08. The van der Waals surface area contributed by atoms with Crippen molar-refractivity contribution in [1.29, 1.82) is 0 Å². The minimum Gasteiger partial charge on any atom is -0.395 e. The fourth-order valence-corrected chi connectivity index (χ4v) is 2.40. The van der Waals surface area contributed by atoms with Gasteiger partial charge in [-0.05, 0) is 29.7 Å². The van der Waals surface area contributed by atoms with Crippen LogP contribution in [0.2, 0.25) is 0 Å². The first-order valence-corrected chi connectivity index (χ1v) is 7.36. The van der Waals surface area contributed by atoms with Crippen LogP contribution in [0.15, 0.2) is 54.6 Å². The molecular weight excluding hydrogens is 296 g/mol. The van der Waals surface area contributed by atoms with E-state index in [1.807, 2.05) is 20.2 Å². The molecule has 0 aliphatic heterocycles. The fraction of sp³-hybridized carbons (Fsp3) is 0.333. The number of hydrogen-bond donors (Lipinski definition) is 2. The average molecular weight is 321 g/mol. The summed E-state index contributed by atoms with van der Waals surface area (Å²) in [5, 5.41) is 12.5. The molecule has 22 heavy (non-hydrogen) atoms. The molecule has 2 aromatic carbocycles. The number of nitrogens with zero attached hydrogens (tertiary/aromatic N) is 1. The molecule has 2 aromatic rings. The van der Waals surface area contributed by atoms with E-state index in [9.17, 15) is 0 Å². The number of hydrogen-bond acceptors (Lipinski definition) is 3. The summed E-state index contributed by atoms with van der Waals surface area (Å²) >= 11 is 0. The van der Waals surface area contributed by atoms with Gasteiger partial charge in [0.2, 0.25) is 0 Å². The van der Waals surface area contributed by atoms with Gasteiger partial charge in [0.05, 0.1) is 6.61 Å². The number of rotatable bonds is 7. The van der Waals surface area contributed by atoms with Crippen LogP contribution in [0.3, 0.4) is 0 Å². The molecule has 3 nitrogen and oxygen atoms in total. The van der Waals surface area contributed by atoms with E-state index < -0.39 is 0 Å². The second-order valence-corrected chi connectivity index (χ2v) is 5.41. The SMILES string of the molecule is CN(C)c1ccc(C(Cc2ccccc2)NCCO)cc1.Cl. The van der Waals surface area contributed by atoms with Crippen molar-refractivity contribution in [1.82, 2.24) is 5.32 Å². The van der Waals surface area contributed by atoms with Crippen LogP contribution in [0.1, 0.15) is 17.2 Å². The molecular formula is C18H25ClN2O. The van der Waals surface area contributed by atoms with E-state index in [2.05, 4.69) is 58.7 Å². The second kappa shape index (κ2) is 9.46. The Kier molecular flexibility index (Phi) is 7.96. The van der Waals surface area contributed by atoms with Gasteiger partial charge in [0.1, 0.15) is 0 Å². The largest absolute Gasteiger partial charge is 0.395 e. The second-order valence-electron chi connectivity index (χ2n) is 5.41. The molecule has 2 rings (SSSR count). The first-order valence-electron chi connectivity index (χ1n) is 7.36. The Balaban J connectivity index is 0.00000242. The molecule has 0 aliphatic carbocycles. The minimum atomic E-state index is 0. The van der Waals surface area contributed by atoms with E-state index in [1.165, 1.54) is 16.8 Å². The van der Waals surface area contributed by atoms with Crippen LogP contribution in [-0.4, -0.2) is 32.4 Å². The van der Waals surface area contributed by atoms with Crippen LogP contribution in [0, 0.1) is 0 Å². The number of aliphatic hydroxyl groups excluding tert-OH is 1. The highest BCUT2D eigenvalue weighted by Crippen LogP contribution is 2.21. The van der Waals surface area contributed by atoms with E-state index in [1.54, 1.807) is 0 Å². The lowest BCUT2D eigenvalue weighted by atomic mass is 9.98. The Morgan fingerprint density at radius 2 is 1.64 bits per heavy atom. The molecule has 0 saturated carbocycles. The Morgan fingerprint density at radius 3 is 2.18 bits per heavy atom. The van der Waals surface area contributed by atoms with Gasteiger partial charge < -0.3 is 15.3 Å². The fourth-order valence-electron chi connectivity index (χ4n) is 2.40. The maximum Gasteiger partial charge on any atom is 0.0556 e. The van der Waals surface area contributed by atoms with Crippen molar-refractivity contribution < 1.29 is 5.11 Å². The molecule has 4 heteroatoms. The molecule has 0 aromatic heterocycles. The van der Waals surface area contributed by atoms with Crippen molar-refractivity contribution >= 4 is 18.1 Å². The molecule has 0 fully saturated rings. The lowest BCUT2D eigenvalue weighted by Gasteiger charge is -2.20. The monoisotopic (exact) mass is 320 g/mol. The predicted octanol–water partition coefficient (Wildman–Crippen LogP) is 3.04. The molecule has 120 valence electrons. The summed E-state index contributed by atoms with van der Waals surface area (Å²) in [6, 6.07) is 19.2. The van der Waals surface area contributed by atoms with Crippen molar-refractivity contribution in [2.75, 3.05) is 32.1 Å². The Hall–Kier alpha value is -1.55. The molecule has 2 N–H and O–H groups in total. The lowest BCUT2D eigenvalue weighted by molar-refractivity contribution is 0.284. The first-order chi connectivity index (χ1) is 10.2. The molecule has 0 radical (unpaired) electrons. The summed E-state index contributed by atoms with van der Waals surface area (Å²) in [5.41, 5.74) is 3.74. The highest BCUT2D eigenvalue weighted by molar-refractivity contribution is 5.85. The summed E-state index contributed by atoms with van der Waals surface area (Å²) in [4.78, 5) is 2.09. The van der Waals surface area contributed by atoms with Crippen LogP contribution in [0.25, 0.3) is 0 Å². The number of benzene rings is 2. The zero-order valence-electron chi connectivity index (χ0n) is 13.2. The molecule has 1 atom stereocenters. The standard InChI is InChI=1S/C18H24N2O.ClH/c1-20(2)17-10-8-16(9-11-17)18(19-12-13-21)14-15-6-4-3-5-7-15;/h3-11,18-19,21H,12-14H2,1-2H3;1H. The third-order valence-corrected chi connectivity index (χ3v) is 3.60. The number of halogens is 1. The van der Waals surface area contributed by atoms with E-state index in [-0.39, 0.29) is 25.1 Å². The van der Waals surface area contributed by atoms with E-state index in [0.29, 0.717) is 6.54 Å². The van der Waals surface area contributed by atoms with Gasteiger partial charge in [-0.1, -0.05) is 42.5 Å². The molecule has 0 aliphatic rings. The Labute approximate surface area is 139 Å². The van der Waals surface area contributed by atoms with Gasteiger partial charge in [-0.15, -0.1) is 12.4 Å². The van der Waals surface area contributed by atoms with Crippen molar-refractivity contribution in [2.24, 2.45) is 0 Å². The van der Waals surface area contributed by atoms with E-state index in [0.717, 1.165) is 6.42 Å². The molecule has 1 unspecified atom stereocenters. The van der Waals surface area contributed by atoms with Crippen molar-refractivity contribution in [3.8, 4) is 0 Å². The van der Waals surface area contributed by atoms with Gasteiger partial charge in [0.15, 0.2) is 0 Å². The summed E-state index contributed by atoms with van der Waals surface area (Å²) in [7, 11) is 4.08. The summed E-state index contributed by atoms with van der Waals surface area (Å²) in [6.07, 6.45) is 0.919. The van der Waals surface area contributed by atoms with Crippen molar-refractivity contribution in [3.05, 3.63) is 65.7 Å². The van der Waals surface area contributed by atoms with Crippen LogP contribution >= 0.6 is 12.4 Å². The van der Waals surface area contributed by atoms with E-state index in [4.69, 9.17) is 5.11 Å². The summed E-state index contributed by atoms with van der Waals surface area (Å²) in [5.74, 6) is 0. The van der Waals surface area contributed by atoms with Crippen LogP contribution < -0.4 is 10.2 Å². The maximum absolute atomic E-state index is 9.08. The molecule has 0 spiro atoms. The van der Waals surface area contributed by atoms with Gasteiger partial charge in [0, 0.05) is 32.4 Å². The van der Waals surface area contributed by atoms with Crippen molar-refractivity contribution in [2.45, 2.75) is 12.5 Å². The van der Waals surface area contributed by atoms with Gasteiger partial charge in [0.25, 0.3) is 0 Å². The Bertz CT molecular complexity index is 529. The molecule has 0 amide bonds. The van der Waals surface area contributed by atoms with Gasteiger partial charge >= 0.3 is 0 Å². The molecule has 0 heterocycles. The third-order valence-electron chi connectivity index (χ3n) is 3.60. The van der Waals surface area contributed by atoms with Crippen LogP contribution in [-0.2, 0) is 6.42 Å². The summed E-state index contributed by atoms with van der Waals surface area (Å²) in [6.45, 7) is 0.758. The van der Waals surface area contributed by atoms with Crippen LogP contribution in [0.4, 0.5) is 5.69 Å². The quantitative estimate of drug-likeness (QED) is 0.823. The third kappa shape index (κ3) is 5.34. The van der Waals surface area contributed by atoms with Gasteiger partial charge in [-0.25, -0.2) is 0 Å². The van der Waals surface area contributed by atoms with Crippen molar-refractivity contribution in [3.63, 3.8) is 0 Å². The zero-order chi connectivity index (χ0) is 15.1. The number of aliphatic hydroxyl groups is 1. The van der Waals surface area contributed by atoms with Crippen LogP contribution in [0.5, 0.6) is 0 Å². The minimum absolute atomic E-state index is 0. The van der Waals surface area contributed by atoms with Gasteiger partial charge in [-0.2, -0.15) is 0 Å². The highest BCUT2D eigenvalue weighted by Gasteiger charge is 2.11. The topological polar surface area (TPSA) is 35.5 Å².